The number of rotatable bonds is 10. The number of hydrogen-bond acceptors (Lipinski definition) is 5. The molecule has 0 radical (unpaired) electrons. The number of anilines is 2. The van der Waals surface area contributed by atoms with Crippen molar-refractivity contribution >= 4 is 58.5 Å². The van der Waals surface area contributed by atoms with Crippen molar-refractivity contribution in [1.82, 2.24) is 5.32 Å². The van der Waals surface area contributed by atoms with Crippen molar-refractivity contribution in [2.75, 3.05) is 17.7 Å². The summed E-state index contributed by atoms with van der Waals surface area (Å²) < 4.78 is 5.21. The van der Waals surface area contributed by atoms with Crippen molar-refractivity contribution in [3.05, 3.63) is 125 Å². The predicted molar refractivity (Wildman–Crippen MR) is 165 cm³/mol. The Morgan fingerprint density at radius 1 is 0.829 bits per heavy atom. The number of carbonyl (C=O) groups is 3. The quantitative estimate of drug-likeness (QED) is 0.139. The van der Waals surface area contributed by atoms with Crippen LogP contribution < -0.4 is 20.7 Å². The Bertz CT molecular complexity index is 1560. The molecule has 3 amide bonds. The van der Waals surface area contributed by atoms with E-state index < -0.39 is 17.1 Å². The summed E-state index contributed by atoms with van der Waals surface area (Å²) in [5.41, 5.74) is 2.32. The molecule has 41 heavy (non-hydrogen) atoms. The van der Waals surface area contributed by atoms with Gasteiger partial charge in [-0.25, -0.2) is 0 Å². The molecule has 0 saturated carbocycles. The molecule has 0 aliphatic rings. The lowest BCUT2D eigenvalue weighted by molar-refractivity contribution is -0.115. The molecule has 0 spiro atoms. The van der Waals surface area contributed by atoms with E-state index in [1.165, 1.54) is 11.8 Å². The smallest absolute Gasteiger partial charge is 0.272 e. The maximum atomic E-state index is 13.3. The molecule has 0 fully saturated rings. The molecular formula is C32H28ClN3O4S. The molecule has 3 N–H and O–H groups in total. The highest BCUT2D eigenvalue weighted by molar-refractivity contribution is 8.00. The minimum Gasteiger partial charge on any atom is -0.497 e. The summed E-state index contributed by atoms with van der Waals surface area (Å²) in [5, 5.41) is 8.60. The van der Waals surface area contributed by atoms with Gasteiger partial charge in [0, 0.05) is 32.9 Å². The summed E-state index contributed by atoms with van der Waals surface area (Å²) in [4.78, 5) is 39.8. The van der Waals surface area contributed by atoms with Crippen LogP contribution in [-0.2, 0) is 9.59 Å². The Kier molecular flexibility index (Phi) is 10.2. The standard InChI is InChI=1S/C32H28ClN3O4S/c1-21(30(37)34-25-10-6-12-27(19-25)40-2)41-28-13-7-11-26(20-28)35-32(39)29(18-22-14-16-24(33)17-15-22)36-31(38)23-8-4-3-5-9-23/h3-21H,1-2H3,(H,34,37)(H,35,39)(H,36,38)/b29-18-. The SMILES string of the molecule is COc1cccc(NC(=O)C(C)Sc2cccc(NC(=O)/C(=C/c3ccc(Cl)cc3)NC(=O)c3ccccc3)c2)c1. The highest BCUT2D eigenvalue weighted by atomic mass is 35.5. The van der Waals surface area contributed by atoms with Gasteiger partial charge < -0.3 is 20.7 Å². The monoisotopic (exact) mass is 585 g/mol. The van der Waals surface area contributed by atoms with Gasteiger partial charge in [-0.15, -0.1) is 11.8 Å². The van der Waals surface area contributed by atoms with Crippen LogP contribution in [0.2, 0.25) is 5.02 Å². The van der Waals surface area contributed by atoms with E-state index in [0.29, 0.717) is 33.3 Å². The number of amides is 3. The Hall–Kier alpha value is -4.53. The zero-order chi connectivity index (χ0) is 29.2. The third kappa shape index (κ3) is 8.73. The summed E-state index contributed by atoms with van der Waals surface area (Å²) in [6.07, 6.45) is 1.58. The number of hydrogen-bond donors (Lipinski definition) is 3. The van der Waals surface area contributed by atoms with E-state index in [2.05, 4.69) is 16.0 Å². The van der Waals surface area contributed by atoms with Gasteiger partial charge in [0.25, 0.3) is 11.8 Å². The first-order chi connectivity index (χ1) is 19.8. The van der Waals surface area contributed by atoms with E-state index in [4.69, 9.17) is 16.3 Å². The first kappa shape index (κ1) is 29.5. The van der Waals surface area contributed by atoms with Gasteiger partial charge >= 0.3 is 0 Å². The van der Waals surface area contributed by atoms with Gasteiger partial charge in [-0.2, -0.15) is 0 Å². The number of methoxy groups -OCH3 is 1. The topological polar surface area (TPSA) is 96.5 Å². The third-order valence-electron chi connectivity index (χ3n) is 5.82. The maximum Gasteiger partial charge on any atom is 0.272 e. The fraction of sp³-hybridized carbons (Fsp3) is 0.0938. The lowest BCUT2D eigenvalue weighted by atomic mass is 10.1. The lowest BCUT2D eigenvalue weighted by Crippen LogP contribution is -2.30. The number of benzene rings is 4. The van der Waals surface area contributed by atoms with E-state index in [-0.39, 0.29) is 11.6 Å². The number of thioether (sulfide) groups is 1. The second kappa shape index (κ2) is 14.2. The zero-order valence-electron chi connectivity index (χ0n) is 22.4. The van der Waals surface area contributed by atoms with Crippen LogP contribution in [-0.4, -0.2) is 30.1 Å². The van der Waals surface area contributed by atoms with Crippen LogP contribution in [0.25, 0.3) is 6.08 Å². The van der Waals surface area contributed by atoms with E-state index >= 15 is 0 Å². The van der Waals surface area contributed by atoms with Gasteiger partial charge in [-0.1, -0.05) is 54.1 Å². The molecule has 1 unspecified atom stereocenters. The lowest BCUT2D eigenvalue weighted by Gasteiger charge is -2.14. The minimum absolute atomic E-state index is 0.0604. The van der Waals surface area contributed by atoms with Crippen molar-refractivity contribution in [2.24, 2.45) is 0 Å². The minimum atomic E-state index is -0.504. The van der Waals surface area contributed by atoms with Crippen LogP contribution >= 0.6 is 23.4 Å². The first-order valence-electron chi connectivity index (χ1n) is 12.7. The van der Waals surface area contributed by atoms with E-state index in [1.54, 1.807) is 111 Å². The summed E-state index contributed by atoms with van der Waals surface area (Å²) in [5.74, 6) is -0.443. The van der Waals surface area contributed by atoms with Gasteiger partial charge in [0.1, 0.15) is 11.4 Å². The maximum absolute atomic E-state index is 13.3. The van der Waals surface area contributed by atoms with Gasteiger partial charge in [0.15, 0.2) is 0 Å². The molecule has 0 heterocycles. The van der Waals surface area contributed by atoms with Crippen LogP contribution in [0.15, 0.2) is 114 Å². The molecule has 4 aromatic rings. The van der Waals surface area contributed by atoms with E-state index in [1.807, 2.05) is 12.1 Å². The number of halogens is 1. The fourth-order valence-electron chi connectivity index (χ4n) is 3.72. The molecule has 4 aromatic carbocycles. The average Bonchev–Trinajstić information content (AvgIpc) is 2.98. The van der Waals surface area contributed by atoms with Crippen molar-refractivity contribution in [3.8, 4) is 5.75 Å². The molecule has 4 rings (SSSR count). The summed E-state index contributed by atoms with van der Waals surface area (Å²) in [7, 11) is 1.57. The normalized spacial score (nSPS) is 11.7. The first-order valence-corrected chi connectivity index (χ1v) is 13.9. The summed E-state index contributed by atoms with van der Waals surface area (Å²) >= 11 is 7.35. The zero-order valence-corrected chi connectivity index (χ0v) is 24.0. The molecule has 1 atom stereocenters. The van der Waals surface area contributed by atoms with E-state index in [0.717, 1.165) is 4.90 Å². The number of nitrogens with one attached hydrogen (secondary N) is 3. The van der Waals surface area contributed by atoms with Gasteiger partial charge in [-0.3, -0.25) is 14.4 Å². The van der Waals surface area contributed by atoms with Crippen LogP contribution in [0.3, 0.4) is 0 Å². The van der Waals surface area contributed by atoms with Crippen molar-refractivity contribution in [2.45, 2.75) is 17.1 Å². The molecule has 0 aromatic heterocycles. The highest BCUT2D eigenvalue weighted by Gasteiger charge is 2.17. The largest absolute Gasteiger partial charge is 0.497 e. The van der Waals surface area contributed by atoms with Crippen LogP contribution in [0.5, 0.6) is 5.75 Å². The third-order valence-corrected chi connectivity index (χ3v) is 7.17. The van der Waals surface area contributed by atoms with Crippen molar-refractivity contribution in [3.63, 3.8) is 0 Å². The second-order valence-corrected chi connectivity index (χ2v) is 10.7. The van der Waals surface area contributed by atoms with Crippen LogP contribution in [0.1, 0.15) is 22.8 Å². The Balaban J connectivity index is 1.47. The Morgan fingerprint density at radius 2 is 1.51 bits per heavy atom. The summed E-state index contributed by atoms with van der Waals surface area (Å²) in [6, 6.07) is 29.8. The Morgan fingerprint density at radius 3 is 2.22 bits per heavy atom. The van der Waals surface area contributed by atoms with E-state index in [9.17, 15) is 14.4 Å². The molecule has 9 heteroatoms. The molecule has 0 aliphatic heterocycles. The second-order valence-electron chi connectivity index (χ2n) is 8.89. The average molecular weight is 586 g/mol. The summed E-state index contributed by atoms with van der Waals surface area (Å²) in [6.45, 7) is 1.80. The van der Waals surface area contributed by atoms with Gasteiger partial charge in [0.2, 0.25) is 5.91 Å². The van der Waals surface area contributed by atoms with Crippen LogP contribution in [0, 0.1) is 0 Å². The molecule has 0 aliphatic carbocycles. The van der Waals surface area contributed by atoms with Gasteiger partial charge in [0.05, 0.1) is 12.4 Å². The molecule has 7 nitrogen and oxygen atoms in total. The molecule has 0 bridgehead atoms. The molecule has 0 saturated heterocycles. The molecule has 208 valence electrons. The molecular weight excluding hydrogens is 558 g/mol. The van der Waals surface area contributed by atoms with Crippen molar-refractivity contribution < 1.29 is 19.1 Å². The van der Waals surface area contributed by atoms with Crippen molar-refractivity contribution in [1.29, 1.82) is 0 Å². The predicted octanol–water partition coefficient (Wildman–Crippen LogP) is 6.88. The van der Waals surface area contributed by atoms with Crippen LogP contribution in [0.4, 0.5) is 11.4 Å². The highest BCUT2D eigenvalue weighted by Crippen LogP contribution is 2.27. The number of ether oxygens (including phenoxy) is 1. The van der Waals surface area contributed by atoms with Gasteiger partial charge in [-0.05, 0) is 73.2 Å². The number of carbonyl (C=O) groups excluding carboxylic acids is 3. The fourth-order valence-corrected chi connectivity index (χ4v) is 4.77. The Labute approximate surface area is 248 Å².